The van der Waals surface area contributed by atoms with Gasteiger partial charge in [0.25, 0.3) is 0 Å². The van der Waals surface area contributed by atoms with Crippen molar-refractivity contribution in [3.05, 3.63) is 29.3 Å². The molecule has 4 heteroatoms. The molecule has 1 unspecified atom stereocenters. The van der Waals surface area contributed by atoms with Gasteiger partial charge in [0.1, 0.15) is 0 Å². The zero-order valence-electron chi connectivity index (χ0n) is 8.64. The Morgan fingerprint density at radius 1 is 1.47 bits per heavy atom. The van der Waals surface area contributed by atoms with Crippen LogP contribution < -0.4 is 5.73 Å². The lowest BCUT2D eigenvalue weighted by Gasteiger charge is -2.22. The SMILES string of the molecule is CCC(C)(C#N)c1c(N)ccc(F)c1F. The van der Waals surface area contributed by atoms with Crippen LogP contribution in [0.1, 0.15) is 25.8 Å². The van der Waals surface area contributed by atoms with E-state index in [1.54, 1.807) is 13.8 Å². The number of nitrogens with zero attached hydrogens (tertiary/aromatic N) is 1. The maximum atomic E-state index is 13.5. The van der Waals surface area contributed by atoms with Crippen molar-refractivity contribution < 1.29 is 8.78 Å². The minimum absolute atomic E-state index is 0.0486. The van der Waals surface area contributed by atoms with Gasteiger partial charge in [-0.3, -0.25) is 0 Å². The van der Waals surface area contributed by atoms with Crippen LogP contribution in [0, 0.1) is 23.0 Å². The van der Waals surface area contributed by atoms with Gasteiger partial charge in [-0.25, -0.2) is 8.78 Å². The van der Waals surface area contributed by atoms with Crippen molar-refractivity contribution in [1.82, 2.24) is 0 Å². The Hall–Kier alpha value is -1.63. The molecule has 0 bridgehead atoms. The van der Waals surface area contributed by atoms with Crippen LogP contribution in [0.5, 0.6) is 0 Å². The Balaban J connectivity index is 3.50. The van der Waals surface area contributed by atoms with Crippen LogP contribution in [-0.2, 0) is 5.41 Å². The summed E-state index contributed by atoms with van der Waals surface area (Å²) in [6.07, 6.45) is 0.369. The van der Waals surface area contributed by atoms with E-state index in [1.165, 1.54) is 6.07 Å². The molecule has 0 spiro atoms. The third-order valence-electron chi connectivity index (χ3n) is 2.63. The van der Waals surface area contributed by atoms with Gasteiger partial charge < -0.3 is 5.73 Å². The molecule has 0 saturated heterocycles. The topological polar surface area (TPSA) is 49.8 Å². The van der Waals surface area contributed by atoms with Crippen molar-refractivity contribution in [2.24, 2.45) is 0 Å². The summed E-state index contributed by atoms with van der Waals surface area (Å²) in [5, 5.41) is 8.98. The fourth-order valence-corrected chi connectivity index (χ4v) is 1.44. The maximum Gasteiger partial charge on any atom is 0.165 e. The lowest BCUT2D eigenvalue weighted by molar-refractivity contribution is 0.469. The number of nitrogen functional groups attached to an aromatic ring is 1. The molecule has 1 atom stereocenters. The molecular weight excluding hydrogens is 198 g/mol. The van der Waals surface area contributed by atoms with E-state index in [4.69, 9.17) is 11.0 Å². The largest absolute Gasteiger partial charge is 0.398 e. The average molecular weight is 210 g/mol. The molecule has 1 aromatic carbocycles. The van der Waals surface area contributed by atoms with E-state index in [9.17, 15) is 8.78 Å². The molecule has 2 nitrogen and oxygen atoms in total. The van der Waals surface area contributed by atoms with E-state index >= 15 is 0 Å². The second-order valence-electron chi connectivity index (χ2n) is 3.62. The lowest BCUT2D eigenvalue weighted by atomic mass is 9.80. The van der Waals surface area contributed by atoms with E-state index in [0.29, 0.717) is 6.42 Å². The molecule has 1 rings (SSSR count). The van der Waals surface area contributed by atoms with Crippen molar-refractivity contribution in [3.63, 3.8) is 0 Å². The summed E-state index contributed by atoms with van der Waals surface area (Å²) in [5.74, 6) is -2.00. The first-order chi connectivity index (χ1) is 6.96. The van der Waals surface area contributed by atoms with Crippen molar-refractivity contribution in [2.45, 2.75) is 25.7 Å². The van der Waals surface area contributed by atoms with Gasteiger partial charge >= 0.3 is 0 Å². The summed E-state index contributed by atoms with van der Waals surface area (Å²) in [6, 6.07) is 4.20. The smallest absolute Gasteiger partial charge is 0.165 e. The van der Waals surface area contributed by atoms with Crippen LogP contribution in [0.15, 0.2) is 12.1 Å². The van der Waals surface area contributed by atoms with Gasteiger partial charge in [-0.1, -0.05) is 6.92 Å². The summed E-state index contributed by atoms with van der Waals surface area (Å²) in [4.78, 5) is 0. The van der Waals surface area contributed by atoms with Gasteiger partial charge in [0, 0.05) is 11.3 Å². The molecule has 0 aliphatic carbocycles. The fraction of sp³-hybridized carbons (Fsp3) is 0.364. The molecule has 0 aliphatic heterocycles. The molecule has 0 amide bonds. The summed E-state index contributed by atoms with van der Waals surface area (Å²) < 4.78 is 26.5. The van der Waals surface area contributed by atoms with Gasteiger partial charge in [-0.05, 0) is 25.5 Å². The van der Waals surface area contributed by atoms with Gasteiger partial charge in [0.05, 0.1) is 11.5 Å². The molecule has 0 fully saturated rings. The quantitative estimate of drug-likeness (QED) is 0.763. The standard InChI is InChI=1S/C11H12F2N2/c1-3-11(2,6-14)9-8(15)5-4-7(12)10(9)13/h4-5H,3,15H2,1-2H3. The summed E-state index contributed by atoms with van der Waals surface area (Å²) in [7, 11) is 0. The van der Waals surface area contributed by atoms with Gasteiger partial charge in [0.15, 0.2) is 11.6 Å². The molecule has 0 saturated carbocycles. The number of hydrogen-bond acceptors (Lipinski definition) is 2. The summed E-state index contributed by atoms with van der Waals surface area (Å²) in [5.41, 5.74) is 4.55. The van der Waals surface area contributed by atoms with Crippen molar-refractivity contribution in [2.75, 3.05) is 5.73 Å². The van der Waals surface area contributed by atoms with E-state index in [1.807, 2.05) is 6.07 Å². The molecule has 0 aliphatic rings. The number of benzene rings is 1. The highest BCUT2D eigenvalue weighted by atomic mass is 19.2. The average Bonchev–Trinajstić information content (AvgIpc) is 2.23. The Kier molecular flexibility index (Phi) is 2.94. The lowest BCUT2D eigenvalue weighted by Crippen LogP contribution is -2.22. The van der Waals surface area contributed by atoms with E-state index in [0.717, 1.165) is 6.07 Å². The van der Waals surface area contributed by atoms with Crippen LogP contribution in [-0.4, -0.2) is 0 Å². The van der Waals surface area contributed by atoms with Crippen molar-refractivity contribution in [3.8, 4) is 6.07 Å². The predicted molar refractivity (Wildman–Crippen MR) is 54.0 cm³/mol. The highest BCUT2D eigenvalue weighted by Gasteiger charge is 2.31. The van der Waals surface area contributed by atoms with Crippen LogP contribution in [0.2, 0.25) is 0 Å². The number of nitrogens with two attached hydrogens (primary N) is 1. The Morgan fingerprint density at radius 3 is 2.53 bits per heavy atom. The number of hydrogen-bond donors (Lipinski definition) is 1. The minimum atomic E-state index is -1.09. The summed E-state index contributed by atoms with van der Waals surface area (Å²) >= 11 is 0. The zero-order chi connectivity index (χ0) is 11.6. The van der Waals surface area contributed by atoms with E-state index in [-0.39, 0.29) is 11.3 Å². The number of halogens is 2. The molecule has 1 aromatic rings. The third-order valence-corrected chi connectivity index (χ3v) is 2.63. The van der Waals surface area contributed by atoms with Crippen molar-refractivity contribution in [1.29, 1.82) is 5.26 Å². The molecule has 15 heavy (non-hydrogen) atoms. The molecular formula is C11H12F2N2. The number of anilines is 1. The first-order valence-corrected chi connectivity index (χ1v) is 4.61. The highest BCUT2D eigenvalue weighted by molar-refractivity contribution is 5.54. The maximum absolute atomic E-state index is 13.5. The minimum Gasteiger partial charge on any atom is -0.398 e. The monoisotopic (exact) mass is 210 g/mol. The number of rotatable bonds is 2. The third kappa shape index (κ3) is 1.78. The van der Waals surface area contributed by atoms with Gasteiger partial charge in [-0.2, -0.15) is 5.26 Å². The first-order valence-electron chi connectivity index (χ1n) is 4.61. The van der Waals surface area contributed by atoms with Gasteiger partial charge in [0.2, 0.25) is 0 Å². The molecule has 0 aromatic heterocycles. The molecule has 80 valence electrons. The predicted octanol–water partition coefficient (Wildman–Crippen LogP) is 2.74. The fourth-order valence-electron chi connectivity index (χ4n) is 1.44. The first kappa shape index (κ1) is 11.4. The Morgan fingerprint density at radius 2 is 2.07 bits per heavy atom. The van der Waals surface area contributed by atoms with Crippen LogP contribution >= 0.6 is 0 Å². The summed E-state index contributed by atoms with van der Waals surface area (Å²) in [6.45, 7) is 3.27. The Labute approximate surface area is 87.3 Å². The number of nitriles is 1. The molecule has 0 heterocycles. The normalized spacial score (nSPS) is 14.3. The van der Waals surface area contributed by atoms with E-state index in [2.05, 4.69) is 0 Å². The van der Waals surface area contributed by atoms with E-state index < -0.39 is 17.0 Å². The van der Waals surface area contributed by atoms with Gasteiger partial charge in [-0.15, -0.1) is 0 Å². The highest BCUT2D eigenvalue weighted by Crippen LogP contribution is 2.34. The zero-order valence-corrected chi connectivity index (χ0v) is 8.64. The Bertz CT molecular complexity index is 423. The molecule has 0 radical (unpaired) electrons. The van der Waals surface area contributed by atoms with Crippen molar-refractivity contribution >= 4 is 5.69 Å². The van der Waals surface area contributed by atoms with Crippen LogP contribution in [0.25, 0.3) is 0 Å². The second-order valence-corrected chi connectivity index (χ2v) is 3.62. The van der Waals surface area contributed by atoms with Crippen LogP contribution in [0.4, 0.5) is 14.5 Å². The van der Waals surface area contributed by atoms with Crippen LogP contribution in [0.3, 0.4) is 0 Å². The molecule has 2 N–H and O–H groups in total. The second kappa shape index (κ2) is 3.85.